The van der Waals surface area contributed by atoms with Crippen LogP contribution in [0.1, 0.15) is 103 Å². The minimum Gasteiger partial charge on any atom is -0.506 e. The van der Waals surface area contributed by atoms with Crippen LogP contribution in [0.5, 0.6) is 35.0 Å². The summed E-state index contributed by atoms with van der Waals surface area (Å²) in [5.74, 6) is -9.12. The van der Waals surface area contributed by atoms with Crippen LogP contribution in [0.15, 0.2) is 99.2 Å². The van der Waals surface area contributed by atoms with E-state index in [1.165, 1.54) is 52.8 Å². The maximum absolute atomic E-state index is 14.7. The zero-order valence-corrected chi connectivity index (χ0v) is 64.0. The molecule has 2 N–H and O–H groups in total. The van der Waals surface area contributed by atoms with E-state index in [0.29, 0.717) is 49.9 Å². The molecule has 11 rings (SSSR count). The number of nitrogens with one attached hydrogen (secondary N) is 1. The Labute approximate surface area is 669 Å². The third-order valence-electron chi connectivity index (χ3n) is 17.0. The second-order valence-electron chi connectivity index (χ2n) is 24.8. The Bertz CT molecular complexity index is 5320. The molecule has 8 aromatic rings. The van der Waals surface area contributed by atoms with Crippen LogP contribution in [-0.2, 0) is 103 Å². The van der Waals surface area contributed by atoms with Crippen LogP contribution in [0.3, 0.4) is 0 Å². The van der Waals surface area contributed by atoms with Crippen LogP contribution in [-0.4, -0.2) is 172 Å². The topological polar surface area (TPSA) is 400 Å². The van der Waals surface area contributed by atoms with Gasteiger partial charge in [0.25, 0.3) is 33.2 Å². The lowest BCUT2D eigenvalue weighted by atomic mass is 9.81. The number of rotatable bonds is 26. The number of nitrogens with zero attached hydrogens (tertiary/aromatic N) is 10. The fourth-order valence-corrected chi connectivity index (χ4v) is 13.0. The summed E-state index contributed by atoms with van der Waals surface area (Å²) in [6.45, 7) is 1.15. The van der Waals surface area contributed by atoms with Gasteiger partial charge in [0.05, 0.1) is 101 Å². The summed E-state index contributed by atoms with van der Waals surface area (Å²) in [6.07, 6.45) is -15.1. The molecule has 3 aliphatic rings. The molecule has 3 saturated carbocycles. The molecule has 2 unspecified atom stereocenters. The van der Waals surface area contributed by atoms with Crippen LogP contribution in [0.25, 0.3) is 17.2 Å². The first-order chi connectivity index (χ1) is 55.5. The third-order valence-corrected chi connectivity index (χ3v) is 18.7. The lowest BCUT2D eigenvalue weighted by Gasteiger charge is -2.21. The summed E-state index contributed by atoms with van der Waals surface area (Å²) in [5, 5.41) is 14.2. The maximum Gasteiger partial charge on any atom is 0.433 e. The Kier molecular flexibility index (Phi) is 32.0. The van der Waals surface area contributed by atoms with E-state index in [-0.39, 0.29) is 162 Å². The largest absolute Gasteiger partial charge is 0.506 e. The van der Waals surface area contributed by atoms with Crippen molar-refractivity contribution in [2.24, 2.45) is 24.8 Å². The molecule has 2 atom stereocenters. The quantitative estimate of drug-likeness (QED) is 0.00743. The number of halogens is 14. The maximum atomic E-state index is 14.7. The van der Waals surface area contributed by atoms with Crippen molar-refractivity contribution in [2.45, 2.75) is 95.7 Å². The number of esters is 1. The van der Waals surface area contributed by atoms with Crippen LogP contribution >= 0.6 is 11.6 Å². The molecule has 3 aliphatic carbocycles. The molecule has 7 aromatic heterocycles. The Morgan fingerprint density at radius 3 is 1.79 bits per heavy atom. The molecular formula is C72H71ClF13N11O21S. The Morgan fingerprint density at radius 1 is 0.672 bits per heavy atom. The molecule has 3 fully saturated rings. The summed E-state index contributed by atoms with van der Waals surface area (Å²) >= 11 is 6.04. The molecule has 47 heteroatoms. The lowest BCUT2D eigenvalue weighted by Crippen LogP contribution is -2.41. The van der Waals surface area contributed by atoms with Gasteiger partial charge in [-0.05, 0) is 81.1 Å². The number of aliphatic hydroxyl groups excluding tert-OH is 1. The number of carbonyl (C=O) groups is 6. The minimum absolute atomic E-state index is 0. The highest BCUT2D eigenvalue weighted by Gasteiger charge is 2.47. The molecule has 0 radical (unpaired) electrons. The van der Waals surface area contributed by atoms with Gasteiger partial charge in [0, 0.05) is 81.6 Å². The van der Waals surface area contributed by atoms with Crippen molar-refractivity contribution >= 4 is 74.0 Å². The predicted molar refractivity (Wildman–Crippen MR) is 385 cm³/mol. The summed E-state index contributed by atoms with van der Waals surface area (Å²) in [5.41, 5.74) is -9.98. The van der Waals surface area contributed by atoms with Gasteiger partial charge >= 0.3 is 36.4 Å². The fraction of sp³-hybridized carbons (Fsp3) is 0.403. The molecule has 7 heterocycles. The van der Waals surface area contributed by atoms with Crippen LogP contribution in [0, 0.1) is 23.6 Å². The van der Waals surface area contributed by atoms with Gasteiger partial charge in [-0.1, -0.05) is 19.0 Å². The molecule has 32 nitrogen and oxygen atoms in total. The van der Waals surface area contributed by atoms with Crippen LogP contribution in [0.4, 0.5) is 63.0 Å². The minimum atomic E-state index is -4.99. The highest BCUT2D eigenvalue weighted by Crippen LogP contribution is 2.44. The monoisotopic (exact) mass is 1740 g/mol. The molecule has 0 aliphatic heterocycles. The number of pyridine rings is 4. The number of aliphatic hydroxyl groups is 1. The van der Waals surface area contributed by atoms with Gasteiger partial charge in [-0.15, -0.1) is 5.10 Å². The number of fused-ring (bicyclic) bond motifs is 3. The first-order valence-corrected chi connectivity index (χ1v) is 36.1. The smallest absolute Gasteiger partial charge is 0.433 e. The van der Waals surface area contributed by atoms with Gasteiger partial charge in [0.1, 0.15) is 45.9 Å². The molecule has 119 heavy (non-hydrogen) atoms. The van der Waals surface area contributed by atoms with Gasteiger partial charge in [-0.2, -0.15) is 67.2 Å². The zero-order chi connectivity index (χ0) is 87.1. The van der Waals surface area contributed by atoms with Crippen molar-refractivity contribution in [2.75, 3.05) is 79.9 Å². The average Bonchev–Trinajstić information content (AvgIpc) is 1.54. The van der Waals surface area contributed by atoms with E-state index in [0.717, 1.165) is 43.1 Å². The van der Waals surface area contributed by atoms with Crippen molar-refractivity contribution in [1.82, 2.24) is 48.7 Å². The number of hydrogen-bond acceptors (Lipinski definition) is 28. The number of carbonyl (C=O) groups excluding carboxylic acids is 6. The number of Topliss-reactive ketones (excluding diaryl/α,β-unsaturated/α-hetero) is 5. The van der Waals surface area contributed by atoms with E-state index in [4.69, 9.17) is 59.0 Å². The summed E-state index contributed by atoms with van der Waals surface area (Å²) in [6, 6.07) is 9.75. The molecule has 1 aromatic carbocycles. The first-order valence-electron chi connectivity index (χ1n) is 34.2. The van der Waals surface area contributed by atoms with Gasteiger partial charge in [0.15, 0.2) is 46.2 Å². The predicted octanol–water partition coefficient (Wildman–Crippen LogP) is 11.0. The standard InChI is InChI=1S/C21H16ClF4N3O6.C19H20F3NO5.C17H18F3NO5.C14H13F3N6O5S.CH4/c1-3-33-18(31)10-34-19-14(5-4-6-27-19)35-15-8-13(12(23)7-11(15)22)29-17(30)9-16(21(24,25)26)28(2)20(29)32;1-27-6-7-28-9-13-12(4-5-14(23-13)19(20,21)22)18(26)15-16(24)10-2-3-11(8-10)17(15)25;1-25-7-8-26-9-11-10(5-6-14(21-11)17(18,19)20)16(24)15-12(22)3-2-4-13(15)23;1-26-8-6-9(27-2)23-13(19-8)20-12(21-23)22-29(24,25)10-7(14(15,16)17)4-5-18-11(10)28-3;/h4-9H,3,10H2,1-2H3;4-5,10-11,26H,2-3,6-9H2,1H3;5-6,15H,2-4,7-9H2,1H3;4-6H,1-3H3,(H,21,22);1H4. The molecule has 0 amide bonds. The number of alkyl halides is 12. The Balaban J connectivity index is 0.000000220. The van der Waals surface area contributed by atoms with E-state index in [1.54, 1.807) is 6.92 Å². The number of benzene rings is 1. The van der Waals surface area contributed by atoms with Gasteiger partial charge in [0.2, 0.25) is 17.6 Å². The Hall–Kier alpha value is -11.6. The first kappa shape index (κ1) is 94.5. The van der Waals surface area contributed by atoms with E-state index in [9.17, 15) is 109 Å². The molecular weight excluding hydrogens is 1670 g/mol. The summed E-state index contributed by atoms with van der Waals surface area (Å²) < 4.78 is 251. The lowest BCUT2D eigenvalue weighted by molar-refractivity contribution is -0.146. The van der Waals surface area contributed by atoms with Crippen molar-refractivity contribution < 1.29 is 147 Å². The highest BCUT2D eigenvalue weighted by atomic mass is 35.5. The van der Waals surface area contributed by atoms with Crippen LogP contribution in [0.2, 0.25) is 5.02 Å². The number of ether oxygens (including phenoxy) is 10. The van der Waals surface area contributed by atoms with Gasteiger partial charge in [-0.3, -0.25) is 33.3 Å². The normalized spacial score (nSPS) is 15.0. The number of ketones is 5. The van der Waals surface area contributed by atoms with Crippen molar-refractivity contribution in [3.05, 3.63) is 162 Å². The van der Waals surface area contributed by atoms with Crippen LogP contribution < -0.4 is 39.7 Å². The third kappa shape index (κ3) is 23.2. The van der Waals surface area contributed by atoms with Gasteiger partial charge in [-0.25, -0.2) is 51.6 Å². The summed E-state index contributed by atoms with van der Waals surface area (Å²) in [7, 11) is 2.46. The number of allylic oxidation sites excluding steroid dienone is 1. The van der Waals surface area contributed by atoms with Crippen molar-refractivity contribution in [3.8, 4) is 40.7 Å². The average molecular weight is 1740 g/mol. The number of methoxy groups -OCH3 is 5. The van der Waals surface area contributed by atoms with Crippen molar-refractivity contribution in [1.29, 1.82) is 0 Å². The number of hydrogen-bond donors (Lipinski definition) is 2. The number of sulfonamides is 1. The second kappa shape index (κ2) is 40.2. The van der Waals surface area contributed by atoms with Gasteiger partial charge < -0.3 is 52.5 Å². The molecule has 2 bridgehead atoms. The Morgan fingerprint density at radius 2 is 1.25 bits per heavy atom. The summed E-state index contributed by atoms with van der Waals surface area (Å²) in [4.78, 5) is 119. The number of aromatic nitrogens is 10. The van der Waals surface area contributed by atoms with E-state index in [2.05, 4.69) is 35.0 Å². The number of anilines is 1. The zero-order valence-electron chi connectivity index (χ0n) is 62.4. The fourth-order valence-electron chi connectivity index (χ4n) is 11.6. The van der Waals surface area contributed by atoms with E-state index in [1.807, 2.05) is 4.72 Å². The van der Waals surface area contributed by atoms with E-state index < -0.39 is 150 Å². The molecule has 0 saturated heterocycles. The second-order valence-corrected chi connectivity index (χ2v) is 26.8. The van der Waals surface area contributed by atoms with Crippen molar-refractivity contribution in [3.63, 3.8) is 0 Å². The highest BCUT2D eigenvalue weighted by molar-refractivity contribution is 7.92. The van der Waals surface area contributed by atoms with E-state index >= 15 is 0 Å². The molecule has 644 valence electrons. The molecule has 0 spiro atoms. The SMILES string of the molecule is C.CCOC(=O)COc1ncccc1Oc1cc(-n2c(=O)cc(C(F)(F)F)n(C)c2=O)c(F)cc1Cl.COCCOCc1nc(C(F)(F)F)ccc1C(=O)C1C(=O)CCCC1=O.COCCOCc1nc(C(F)(F)F)ccc1C(O)=C1C(=O)C2CCC(C2)C1=O.COc1cc(OC)n2nc(NS(=O)(=O)c3c(C(F)(F)F)ccnc3OC)nc2n1.